The molecule has 0 spiro atoms. The molecule has 0 aliphatic carbocycles. The number of halogens is 1. The Kier molecular flexibility index (Phi) is 4.70. The number of aliphatic hydroxyl groups excluding tert-OH is 1. The van der Waals surface area contributed by atoms with E-state index in [-0.39, 0.29) is 30.9 Å². The van der Waals surface area contributed by atoms with Gasteiger partial charge >= 0.3 is 0 Å². The van der Waals surface area contributed by atoms with Gasteiger partial charge in [-0.1, -0.05) is 25.9 Å². The van der Waals surface area contributed by atoms with Crippen LogP contribution in [0.5, 0.6) is 0 Å². The van der Waals surface area contributed by atoms with E-state index in [4.69, 9.17) is 4.52 Å². The Hall–Kier alpha value is -2.48. The van der Waals surface area contributed by atoms with Gasteiger partial charge in [-0.3, -0.25) is 9.69 Å². The van der Waals surface area contributed by atoms with Gasteiger partial charge in [-0.25, -0.2) is 9.37 Å². The first-order valence-corrected chi connectivity index (χ1v) is 8.52. The summed E-state index contributed by atoms with van der Waals surface area (Å²) in [5.74, 6) is 0.143. The van der Waals surface area contributed by atoms with E-state index >= 15 is 0 Å². The van der Waals surface area contributed by atoms with E-state index in [1.807, 2.05) is 26.8 Å². The Bertz CT molecular complexity index is 784. The zero-order valence-corrected chi connectivity index (χ0v) is 15.1. The minimum atomic E-state index is -0.878. The van der Waals surface area contributed by atoms with Crippen molar-refractivity contribution in [3.8, 4) is 0 Å². The highest BCUT2D eigenvalue weighted by atomic mass is 19.1. The van der Waals surface area contributed by atoms with Crippen LogP contribution < -0.4 is 10.2 Å². The summed E-state index contributed by atoms with van der Waals surface area (Å²) in [5, 5.41) is 17.2. The van der Waals surface area contributed by atoms with Gasteiger partial charge in [0.2, 0.25) is 11.8 Å². The molecule has 2 N–H and O–H groups in total. The van der Waals surface area contributed by atoms with E-state index in [0.717, 1.165) is 11.9 Å². The van der Waals surface area contributed by atoms with Crippen LogP contribution in [0.3, 0.4) is 0 Å². The summed E-state index contributed by atoms with van der Waals surface area (Å²) < 4.78 is 18.5. The molecule has 0 bridgehead atoms. The normalized spacial score (nSPS) is 20.7. The molecule has 1 aliphatic heterocycles. The number of aromatic nitrogens is 2. The number of aliphatic hydroxyl groups is 1. The number of amides is 1. The molecule has 1 amide bonds. The summed E-state index contributed by atoms with van der Waals surface area (Å²) >= 11 is 0. The molecule has 0 radical (unpaired) electrons. The van der Waals surface area contributed by atoms with Crippen molar-refractivity contribution in [1.29, 1.82) is 0 Å². The van der Waals surface area contributed by atoms with E-state index in [0.29, 0.717) is 18.1 Å². The summed E-state index contributed by atoms with van der Waals surface area (Å²) in [6.45, 7) is 6.09. The van der Waals surface area contributed by atoms with Crippen molar-refractivity contribution in [3.05, 3.63) is 35.9 Å². The fourth-order valence-electron chi connectivity index (χ4n) is 3.04. The zero-order valence-electron chi connectivity index (χ0n) is 15.1. The lowest BCUT2D eigenvalue weighted by Crippen LogP contribution is -2.54. The van der Waals surface area contributed by atoms with Crippen LogP contribution in [-0.2, 0) is 10.2 Å². The molecule has 1 fully saturated rings. The fourth-order valence-corrected chi connectivity index (χ4v) is 3.04. The Balaban J connectivity index is 1.81. The predicted octanol–water partition coefficient (Wildman–Crippen LogP) is 2.48. The van der Waals surface area contributed by atoms with Crippen LogP contribution in [0.4, 0.5) is 16.1 Å². The third kappa shape index (κ3) is 3.41. The van der Waals surface area contributed by atoms with E-state index in [9.17, 15) is 14.3 Å². The van der Waals surface area contributed by atoms with Crippen molar-refractivity contribution in [2.75, 3.05) is 23.4 Å². The number of pyridine rings is 1. The average molecular weight is 362 g/mol. The molecule has 0 aromatic carbocycles. The van der Waals surface area contributed by atoms with Gasteiger partial charge in [0.25, 0.3) is 0 Å². The molecule has 1 aliphatic rings. The van der Waals surface area contributed by atoms with Crippen molar-refractivity contribution in [2.24, 2.45) is 0 Å². The number of carbonyl (C=O) groups excluding carboxylic acids is 1. The Morgan fingerprint density at radius 3 is 2.77 bits per heavy atom. The molecular weight excluding hydrogens is 339 g/mol. The number of anilines is 2. The van der Waals surface area contributed by atoms with Crippen LogP contribution in [-0.4, -0.2) is 39.8 Å². The minimum absolute atomic E-state index is 0.147. The van der Waals surface area contributed by atoms with Crippen LogP contribution >= 0.6 is 0 Å². The number of nitrogens with one attached hydrogen (secondary N) is 1. The predicted molar refractivity (Wildman–Crippen MR) is 94.4 cm³/mol. The summed E-state index contributed by atoms with van der Waals surface area (Å²) in [6, 6.07) is 4.49. The molecule has 3 rings (SSSR count). The third-order valence-corrected chi connectivity index (χ3v) is 4.63. The van der Waals surface area contributed by atoms with E-state index < -0.39 is 11.4 Å². The van der Waals surface area contributed by atoms with Gasteiger partial charge in [0.05, 0.1) is 24.0 Å². The van der Waals surface area contributed by atoms with Crippen LogP contribution in [0.25, 0.3) is 0 Å². The molecule has 7 nitrogen and oxygen atoms in total. The minimum Gasteiger partial charge on any atom is -0.394 e. The number of rotatable bonds is 5. The maximum absolute atomic E-state index is 13.2. The smallest absolute Gasteiger partial charge is 0.228 e. The van der Waals surface area contributed by atoms with Crippen molar-refractivity contribution in [1.82, 2.24) is 10.1 Å². The second-order valence-electron chi connectivity index (χ2n) is 7.63. The first-order chi connectivity index (χ1) is 12.2. The molecule has 1 unspecified atom stereocenters. The van der Waals surface area contributed by atoms with Gasteiger partial charge in [0, 0.05) is 24.4 Å². The summed E-state index contributed by atoms with van der Waals surface area (Å²) in [5.41, 5.74) is -0.222. The van der Waals surface area contributed by atoms with Gasteiger partial charge in [0.15, 0.2) is 0 Å². The summed E-state index contributed by atoms with van der Waals surface area (Å²) in [7, 11) is 0. The van der Waals surface area contributed by atoms with Crippen molar-refractivity contribution in [3.63, 3.8) is 0 Å². The number of hydrogen-bond donors (Lipinski definition) is 2. The Labute approximate surface area is 151 Å². The van der Waals surface area contributed by atoms with Gasteiger partial charge in [0.1, 0.15) is 11.6 Å². The Morgan fingerprint density at radius 2 is 2.19 bits per heavy atom. The number of nitrogens with zero attached hydrogens (tertiary/aromatic N) is 3. The molecule has 1 atom stereocenters. The van der Waals surface area contributed by atoms with Gasteiger partial charge < -0.3 is 14.9 Å². The number of carbonyl (C=O) groups is 1. The third-order valence-electron chi connectivity index (χ3n) is 4.63. The first-order valence-electron chi connectivity index (χ1n) is 8.52. The molecule has 8 heteroatoms. The molecular formula is C18H23FN4O3. The Morgan fingerprint density at radius 1 is 1.42 bits per heavy atom. The van der Waals surface area contributed by atoms with E-state index in [1.54, 1.807) is 0 Å². The highest BCUT2D eigenvalue weighted by Gasteiger charge is 2.46. The van der Waals surface area contributed by atoms with E-state index in [2.05, 4.69) is 15.5 Å². The molecule has 2 aromatic rings. The quantitative estimate of drug-likeness (QED) is 0.849. The maximum atomic E-state index is 13.2. The lowest BCUT2D eigenvalue weighted by atomic mass is 9.92. The SMILES string of the molecule is CC(C)(C)c1cc(NCC2(CO)CCC(=O)N2c2ccc(F)cn2)on1. The first kappa shape index (κ1) is 18.3. The largest absolute Gasteiger partial charge is 0.394 e. The van der Waals surface area contributed by atoms with Crippen molar-refractivity contribution < 1.29 is 18.8 Å². The molecule has 0 saturated carbocycles. The van der Waals surface area contributed by atoms with Crippen molar-refractivity contribution >= 4 is 17.6 Å². The maximum Gasteiger partial charge on any atom is 0.228 e. The highest BCUT2D eigenvalue weighted by Crippen LogP contribution is 2.34. The van der Waals surface area contributed by atoms with Crippen LogP contribution in [0, 0.1) is 5.82 Å². The van der Waals surface area contributed by atoms with Gasteiger partial charge in [-0.05, 0) is 18.6 Å². The van der Waals surface area contributed by atoms with Gasteiger partial charge in [-0.15, -0.1) is 0 Å². The average Bonchev–Trinajstić information content (AvgIpc) is 3.19. The topological polar surface area (TPSA) is 91.5 Å². The molecule has 2 aromatic heterocycles. The van der Waals surface area contributed by atoms with Crippen LogP contribution in [0.15, 0.2) is 28.9 Å². The monoisotopic (exact) mass is 362 g/mol. The summed E-state index contributed by atoms with van der Waals surface area (Å²) in [4.78, 5) is 17.8. The molecule has 1 saturated heterocycles. The lowest BCUT2D eigenvalue weighted by molar-refractivity contribution is -0.117. The highest BCUT2D eigenvalue weighted by molar-refractivity contribution is 5.96. The second-order valence-corrected chi connectivity index (χ2v) is 7.63. The standard InChI is InChI=1S/C18H23FN4O3/c1-17(2,3)13-8-15(26-22-13)21-10-18(11-24)7-6-16(25)23(18)14-5-4-12(19)9-20-14/h4-5,8-9,21,24H,6-7,10-11H2,1-3H3. The fraction of sp³-hybridized carbons (Fsp3) is 0.500. The van der Waals surface area contributed by atoms with Crippen LogP contribution in [0.1, 0.15) is 39.3 Å². The molecule has 26 heavy (non-hydrogen) atoms. The number of hydrogen-bond acceptors (Lipinski definition) is 6. The second kappa shape index (κ2) is 6.68. The molecule has 3 heterocycles. The van der Waals surface area contributed by atoms with Gasteiger partial charge in [-0.2, -0.15) is 0 Å². The molecule has 140 valence electrons. The van der Waals surface area contributed by atoms with Crippen LogP contribution in [0.2, 0.25) is 0 Å². The van der Waals surface area contributed by atoms with E-state index in [1.165, 1.54) is 17.0 Å². The van der Waals surface area contributed by atoms with Crippen molar-refractivity contribution in [2.45, 2.75) is 44.6 Å². The lowest BCUT2D eigenvalue weighted by Gasteiger charge is -2.36. The summed E-state index contributed by atoms with van der Waals surface area (Å²) in [6.07, 6.45) is 1.79. The zero-order chi connectivity index (χ0) is 18.9.